The summed E-state index contributed by atoms with van der Waals surface area (Å²) in [4.78, 5) is 27.5. The Kier molecular flexibility index (Phi) is 4.28. The molecule has 0 aliphatic carbocycles. The first-order valence-corrected chi connectivity index (χ1v) is 5.77. The molecule has 0 aliphatic heterocycles. The van der Waals surface area contributed by atoms with Crippen molar-refractivity contribution in [3.8, 4) is 5.69 Å². The van der Waals surface area contributed by atoms with Gasteiger partial charge in [0, 0.05) is 12.6 Å². The second-order valence-electron chi connectivity index (χ2n) is 3.92. The van der Waals surface area contributed by atoms with Gasteiger partial charge in [-0.05, 0) is 22.6 Å². The first-order chi connectivity index (χ1) is 10.0. The molecule has 0 spiro atoms. The molecule has 1 amide bonds. The monoisotopic (exact) mass is 297 g/mol. The lowest BCUT2D eigenvalue weighted by atomic mass is 10.2. The van der Waals surface area contributed by atoms with Crippen LogP contribution in [0, 0.1) is 5.82 Å². The average molecular weight is 297 g/mol. The minimum Gasteiger partial charge on any atom is -0.451 e. The minimum absolute atomic E-state index is 0.0384. The topological polar surface area (TPSA) is 100 Å². The number of nitrogens with zero attached hydrogens (tertiary/aromatic N) is 4. The van der Waals surface area contributed by atoms with E-state index in [0.717, 1.165) is 16.5 Å². The van der Waals surface area contributed by atoms with Crippen molar-refractivity contribution in [2.75, 3.05) is 7.11 Å². The number of nitrogens with one attached hydrogen (secondary N) is 1. The van der Waals surface area contributed by atoms with E-state index in [-0.39, 0.29) is 17.9 Å². The fraction of sp³-hybridized carbons (Fsp3) is 0.273. The number of halogens is 1. The SMILES string of the molecule is COC(=O)NOCc1c(F)cccc1-n1nnn(C)c1=O. The molecule has 0 aliphatic rings. The van der Waals surface area contributed by atoms with Gasteiger partial charge in [-0.1, -0.05) is 6.07 Å². The zero-order valence-electron chi connectivity index (χ0n) is 11.2. The Balaban J connectivity index is 2.30. The molecule has 0 unspecified atom stereocenters. The van der Waals surface area contributed by atoms with Crippen LogP contribution < -0.4 is 11.2 Å². The molecule has 21 heavy (non-hydrogen) atoms. The van der Waals surface area contributed by atoms with E-state index in [1.54, 1.807) is 0 Å². The van der Waals surface area contributed by atoms with Gasteiger partial charge in [0.25, 0.3) is 0 Å². The van der Waals surface area contributed by atoms with Crippen molar-refractivity contribution in [3.05, 3.63) is 40.1 Å². The molecular formula is C11H12FN5O4. The molecule has 1 aromatic heterocycles. The number of carbonyl (C=O) groups excluding carboxylic acids is 1. The highest BCUT2D eigenvalue weighted by atomic mass is 19.1. The summed E-state index contributed by atoms with van der Waals surface area (Å²) in [6.07, 6.45) is -0.829. The number of hydroxylamine groups is 1. The number of hydrogen-bond donors (Lipinski definition) is 1. The van der Waals surface area contributed by atoms with Gasteiger partial charge >= 0.3 is 11.8 Å². The van der Waals surface area contributed by atoms with Crippen molar-refractivity contribution in [2.45, 2.75) is 6.61 Å². The van der Waals surface area contributed by atoms with Crippen LogP contribution in [0.15, 0.2) is 23.0 Å². The van der Waals surface area contributed by atoms with Crippen LogP contribution in [0.4, 0.5) is 9.18 Å². The molecule has 112 valence electrons. The highest BCUT2D eigenvalue weighted by Crippen LogP contribution is 2.16. The van der Waals surface area contributed by atoms with Crippen molar-refractivity contribution >= 4 is 6.09 Å². The highest BCUT2D eigenvalue weighted by Gasteiger charge is 2.15. The maximum absolute atomic E-state index is 13.9. The number of aryl methyl sites for hydroxylation is 1. The third-order valence-corrected chi connectivity index (χ3v) is 2.60. The van der Waals surface area contributed by atoms with Crippen molar-refractivity contribution in [1.82, 2.24) is 25.3 Å². The van der Waals surface area contributed by atoms with Crippen molar-refractivity contribution < 1.29 is 18.8 Å². The van der Waals surface area contributed by atoms with Crippen LogP contribution in [0.1, 0.15) is 5.56 Å². The molecule has 1 heterocycles. The number of tetrazole rings is 1. The Morgan fingerprint density at radius 3 is 2.81 bits per heavy atom. The van der Waals surface area contributed by atoms with Crippen LogP contribution in [0.3, 0.4) is 0 Å². The number of ether oxygens (including phenoxy) is 1. The Labute approximate surface area is 117 Å². The molecule has 1 N–H and O–H groups in total. The normalized spacial score (nSPS) is 10.4. The Morgan fingerprint density at radius 1 is 1.43 bits per heavy atom. The molecule has 0 saturated heterocycles. The van der Waals surface area contributed by atoms with Crippen LogP contribution in [0.5, 0.6) is 0 Å². The van der Waals surface area contributed by atoms with Crippen LogP contribution in [0.25, 0.3) is 5.69 Å². The predicted octanol–water partition coefficient (Wildman–Crippen LogP) is -0.107. The van der Waals surface area contributed by atoms with E-state index in [0.29, 0.717) is 0 Å². The number of benzene rings is 1. The van der Waals surface area contributed by atoms with Gasteiger partial charge in [-0.2, -0.15) is 14.8 Å². The van der Waals surface area contributed by atoms with Gasteiger partial charge in [-0.15, -0.1) is 0 Å². The van der Waals surface area contributed by atoms with Crippen molar-refractivity contribution in [1.29, 1.82) is 0 Å². The highest BCUT2D eigenvalue weighted by molar-refractivity contribution is 5.65. The fourth-order valence-electron chi connectivity index (χ4n) is 1.56. The summed E-state index contributed by atoms with van der Waals surface area (Å²) in [5.41, 5.74) is 1.62. The summed E-state index contributed by atoms with van der Waals surface area (Å²) in [5, 5.41) is 7.18. The number of methoxy groups -OCH3 is 1. The van der Waals surface area contributed by atoms with E-state index in [2.05, 4.69) is 15.2 Å². The summed E-state index contributed by atoms with van der Waals surface area (Å²) in [5.74, 6) is -0.614. The van der Waals surface area contributed by atoms with E-state index in [1.807, 2.05) is 5.48 Å². The summed E-state index contributed by atoms with van der Waals surface area (Å²) in [6, 6.07) is 4.10. The standard InChI is InChI=1S/C11H12FN5O4/c1-16-11(19)17(15-14-16)9-5-3-4-8(12)7(9)6-21-13-10(18)20-2/h3-5H,6H2,1-2H3,(H,13,18). The van der Waals surface area contributed by atoms with Gasteiger partial charge < -0.3 is 4.74 Å². The second-order valence-corrected chi connectivity index (χ2v) is 3.92. The number of carbonyl (C=O) groups is 1. The lowest BCUT2D eigenvalue weighted by Crippen LogP contribution is -2.25. The summed E-state index contributed by atoms with van der Waals surface area (Å²) in [6.45, 7) is -0.319. The quantitative estimate of drug-likeness (QED) is 0.790. The van der Waals surface area contributed by atoms with Gasteiger partial charge in [0.05, 0.1) is 12.8 Å². The number of amides is 1. The van der Waals surface area contributed by atoms with Crippen molar-refractivity contribution in [2.24, 2.45) is 7.05 Å². The van der Waals surface area contributed by atoms with Gasteiger partial charge in [0.1, 0.15) is 12.4 Å². The van der Waals surface area contributed by atoms with Crippen LogP contribution in [-0.2, 0) is 23.2 Å². The smallest absolute Gasteiger partial charge is 0.431 e. The lowest BCUT2D eigenvalue weighted by molar-refractivity contribution is 0.0237. The van der Waals surface area contributed by atoms with Gasteiger partial charge in [0.2, 0.25) is 0 Å². The molecule has 0 fully saturated rings. The third kappa shape index (κ3) is 3.05. The van der Waals surface area contributed by atoms with Crippen LogP contribution in [0.2, 0.25) is 0 Å². The second kappa shape index (κ2) is 6.13. The van der Waals surface area contributed by atoms with E-state index in [1.165, 1.54) is 25.2 Å². The van der Waals surface area contributed by atoms with Gasteiger partial charge in [-0.25, -0.2) is 14.0 Å². The molecule has 9 nitrogen and oxygen atoms in total. The molecule has 2 rings (SSSR count). The van der Waals surface area contributed by atoms with E-state index in [9.17, 15) is 14.0 Å². The largest absolute Gasteiger partial charge is 0.451 e. The minimum atomic E-state index is -0.829. The average Bonchev–Trinajstić information content (AvgIpc) is 2.80. The molecule has 10 heteroatoms. The zero-order chi connectivity index (χ0) is 15.4. The maximum atomic E-state index is 13.9. The maximum Gasteiger partial charge on any atom is 0.431 e. The number of aromatic nitrogens is 4. The molecule has 0 atom stereocenters. The predicted molar refractivity (Wildman–Crippen MR) is 66.9 cm³/mol. The third-order valence-electron chi connectivity index (χ3n) is 2.60. The molecule has 0 bridgehead atoms. The van der Waals surface area contributed by atoms with E-state index >= 15 is 0 Å². The molecule has 0 radical (unpaired) electrons. The number of hydrogen-bond acceptors (Lipinski definition) is 6. The first kappa shape index (κ1) is 14.7. The summed E-state index contributed by atoms with van der Waals surface area (Å²) < 4.78 is 20.1. The summed E-state index contributed by atoms with van der Waals surface area (Å²) in [7, 11) is 2.58. The number of rotatable bonds is 4. The molecular weight excluding hydrogens is 285 g/mol. The van der Waals surface area contributed by atoms with Gasteiger partial charge in [0.15, 0.2) is 0 Å². The molecule has 2 aromatic rings. The van der Waals surface area contributed by atoms with Crippen molar-refractivity contribution in [3.63, 3.8) is 0 Å². The lowest BCUT2D eigenvalue weighted by Gasteiger charge is -2.09. The van der Waals surface area contributed by atoms with E-state index in [4.69, 9.17) is 4.84 Å². The summed E-state index contributed by atoms with van der Waals surface area (Å²) >= 11 is 0. The van der Waals surface area contributed by atoms with Crippen LogP contribution >= 0.6 is 0 Å². The van der Waals surface area contributed by atoms with Gasteiger partial charge in [-0.3, -0.25) is 4.84 Å². The molecule has 1 aromatic carbocycles. The zero-order valence-corrected chi connectivity index (χ0v) is 11.2. The molecule has 0 saturated carbocycles. The first-order valence-electron chi connectivity index (χ1n) is 5.77. The Bertz CT molecular complexity index is 711. The van der Waals surface area contributed by atoms with Crippen LogP contribution in [-0.4, -0.2) is 33.0 Å². The Morgan fingerprint density at radius 2 is 2.19 bits per heavy atom. The fourth-order valence-corrected chi connectivity index (χ4v) is 1.56. The van der Waals surface area contributed by atoms with E-state index < -0.39 is 17.6 Å². The Hall–Kier alpha value is -2.75.